The van der Waals surface area contributed by atoms with Gasteiger partial charge in [0.25, 0.3) is 5.56 Å². The molecule has 8 heteroatoms. The first-order chi connectivity index (χ1) is 12.4. The van der Waals surface area contributed by atoms with Crippen molar-refractivity contribution in [2.24, 2.45) is 0 Å². The highest BCUT2D eigenvalue weighted by atomic mass is 35.5. The van der Waals surface area contributed by atoms with Crippen molar-refractivity contribution in [1.29, 1.82) is 0 Å². The van der Waals surface area contributed by atoms with Crippen LogP contribution in [0.4, 0.5) is 11.4 Å². The third kappa shape index (κ3) is 3.89. The summed E-state index contributed by atoms with van der Waals surface area (Å²) in [5.41, 5.74) is 0.395. The van der Waals surface area contributed by atoms with Crippen molar-refractivity contribution >= 4 is 45.6 Å². The number of hydrogen-bond acceptors (Lipinski definition) is 4. The SMILES string of the molecule is CC(=O)Nc1ccc(Cl)cc1NC(=O)Cn1ncc2ccccc2c1=O. The molecule has 0 bridgehead atoms. The van der Waals surface area contributed by atoms with Gasteiger partial charge in [-0.25, -0.2) is 4.68 Å². The average Bonchev–Trinajstić information content (AvgIpc) is 2.60. The molecule has 0 radical (unpaired) electrons. The lowest BCUT2D eigenvalue weighted by atomic mass is 10.2. The maximum absolute atomic E-state index is 12.4. The minimum absolute atomic E-state index is 0.268. The summed E-state index contributed by atoms with van der Waals surface area (Å²) in [5, 5.41) is 10.9. The second kappa shape index (κ2) is 7.37. The van der Waals surface area contributed by atoms with Crippen molar-refractivity contribution in [3.8, 4) is 0 Å². The van der Waals surface area contributed by atoms with Crippen LogP contribution in [0.1, 0.15) is 6.92 Å². The maximum atomic E-state index is 12.4. The molecule has 26 heavy (non-hydrogen) atoms. The first kappa shape index (κ1) is 17.6. The zero-order chi connectivity index (χ0) is 18.7. The van der Waals surface area contributed by atoms with E-state index in [9.17, 15) is 14.4 Å². The van der Waals surface area contributed by atoms with Crippen LogP contribution >= 0.6 is 11.6 Å². The van der Waals surface area contributed by atoms with Gasteiger partial charge in [0.05, 0.1) is 23.0 Å². The highest BCUT2D eigenvalue weighted by molar-refractivity contribution is 6.31. The number of amides is 2. The summed E-state index contributed by atoms with van der Waals surface area (Å²) in [7, 11) is 0. The molecule has 0 unspecified atom stereocenters. The van der Waals surface area contributed by atoms with Crippen LogP contribution in [0.3, 0.4) is 0 Å². The van der Waals surface area contributed by atoms with E-state index >= 15 is 0 Å². The molecule has 2 N–H and O–H groups in total. The van der Waals surface area contributed by atoms with Crippen LogP contribution in [-0.4, -0.2) is 21.6 Å². The van der Waals surface area contributed by atoms with E-state index in [0.717, 1.165) is 4.68 Å². The van der Waals surface area contributed by atoms with Gasteiger partial charge in [-0.3, -0.25) is 14.4 Å². The molecule has 2 aromatic carbocycles. The number of nitrogens with one attached hydrogen (secondary N) is 2. The minimum atomic E-state index is -0.469. The Kier molecular flexibility index (Phi) is 4.99. The predicted molar refractivity (Wildman–Crippen MR) is 100 cm³/mol. The van der Waals surface area contributed by atoms with E-state index < -0.39 is 5.91 Å². The van der Waals surface area contributed by atoms with E-state index in [1.807, 2.05) is 6.07 Å². The van der Waals surface area contributed by atoms with E-state index in [4.69, 9.17) is 11.6 Å². The normalized spacial score (nSPS) is 10.5. The molecule has 0 atom stereocenters. The number of benzene rings is 2. The molecule has 0 saturated carbocycles. The standard InChI is InChI=1S/C18H15ClN4O3/c1-11(24)21-15-7-6-13(19)8-16(15)22-17(25)10-23-18(26)14-5-3-2-4-12(14)9-20-23/h2-9H,10H2,1H3,(H,21,24)(H,22,25). The van der Waals surface area contributed by atoms with Crippen molar-refractivity contribution in [2.75, 3.05) is 10.6 Å². The summed E-state index contributed by atoms with van der Waals surface area (Å²) in [6.45, 7) is 1.09. The molecular weight excluding hydrogens is 356 g/mol. The van der Waals surface area contributed by atoms with Crippen LogP contribution in [0.25, 0.3) is 10.8 Å². The molecule has 0 aliphatic heterocycles. The lowest BCUT2D eigenvalue weighted by Gasteiger charge is -2.12. The molecule has 3 aromatic rings. The van der Waals surface area contributed by atoms with E-state index in [2.05, 4.69) is 15.7 Å². The van der Waals surface area contributed by atoms with Gasteiger partial charge in [-0.1, -0.05) is 29.8 Å². The smallest absolute Gasteiger partial charge is 0.275 e. The number of halogens is 1. The molecule has 2 amide bonds. The largest absolute Gasteiger partial charge is 0.325 e. The average molecular weight is 371 g/mol. The number of anilines is 2. The molecule has 0 aliphatic carbocycles. The molecule has 132 valence electrons. The third-order valence-corrected chi connectivity index (χ3v) is 3.86. The molecule has 0 saturated heterocycles. The fraction of sp³-hybridized carbons (Fsp3) is 0.111. The van der Waals surface area contributed by atoms with Crippen LogP contribution in [0.15, 0.2) is 53.5 Å². The molecule has 1 heterocycles. The first-order valence-corrected chi connectivity index (χ1v) is 8.13. The summed E-state index contributed by atoms with van der Waals surface area (Å²) in [5.74, 6) is -0.751. The van der Waals surface area contributed by atoms with Gasteiger partial charge in [-0.15, -0.1) is 0 Å². The van der Waals surface area contributed by atoms with Gasteiger partial charge in [0.2, 0.25) is 11.8 Å². The Morgan fingerprint density at radius 3 is 2.65 bits per heavy atom. The monoisotopic (exact) mass is 370 g/mol. The van der Waals surface area contributed by atoms with Crippen molar-refractivity contribution in [1.82, 2.24) is 9.78 Å². The molecular formula is C18H15ClN4O3. The number of fused-ring (bicyclic) bond motifs is 1. The molecule has 0 spiro atoms. The number of carbonyl (C=O) groups is 2. The molecule has 7 nitrogen and oxygen atoms in total. The number of nitrogens with zero attached hydrogens (tertiary/aromatic N) is 2. The van der Waals surface area contributed by atoms with Gasteiger partial charge in [-0.05, 0) is 24.3 Å². The van der Waals surface area contributed by atoms with Crippen molar-refractivity contribution in [2.45, 2.75) is 13.5 Å². The Labute approximate surface area is 153 Å². The maximum Gasteiger partial charge on any atom is 0.275 e. The van der Waals surface area contributed by atoms with Gasteiger partial charge >= 0.3 is 0 Å². The van der Waals surface area contributed by atoms with Crippen molar-refractivity contribution < 1.29 is 9.59 Å². The number of carbonyl (C=O) groups excluding carboxylic acids is 2. The first-order valence-electron chi connectivity index (χ1n) is 7.76. The van der Waals surface area contributed by atoms with Crippen molar-refractivity contribution in [3.05, 3.63) is 64.0 Å². The van der Waals surface area contributed by atoms with Crippen LogP contribution < -0.4 is 16.2 Å². The van der Waals surface area contributed by atoms with E-state index in [0.29, 0.717) is 27.2 Å². The summed E-state index contributed by atoms with van der Waals surface area (Å²) in [6.07, 6.45) is 1.53. The van der Waals surface area contributed by atoms with Crippen LogP contribution in [-0.2, 0) is 16.1 Å². The Morgan fingerprint density at radius 1 is 1.12 bits per heavy atom. The molecule has 0 aliphatic rings. The van der Waals surface area contributed by atoms with Gasteiger partial charge in [0.15, 0.2) is 0 Å². The van der Waals surface area contributed by atoms with Gasteiger partial charge < -0.3 is 10.6 Å². The predicted octanol–water partition coefficient (Wildman–Crippen LogP) is 2.65. The highest BCUT2D eigenvalue weighted by Gasteiger charge is 2.12. The topological polar surface area (TPSA) is 93.1 Å². The summed E-state index contributed by atoms with van der Waals surface area (Å²) < 4.78 is 1.08. The molecule has 0 fully saturated rings. The zero-order valence-electron chi connectivity index (χ0n) is 13.8. The van der Waals surface area contributed by atoms with Crippen LogP contribution in [0.2, 0.25) is 5.02 Å². The quantitative estimate of drug-likeness (QED) is 0.738. The van der Waals surface area contributed by atoms with E-state index in [-0.39, 0.29) is 18.0 Å². The lowest BCUT2D eigenvalue weighted by molar-refractivity contribution is -0.117. The second-order valence-electron chi connectivity index (χ2n) is 5.61. The van der Waals surface area contributed by atoms with E-state index in [1.54, 1.807) is 30.3 Å². The van der Waals surface area contributed by atoms with Crippen molar-refractivity contribution in [3.63, 3.8) is 0 Å². The fourth-order valence-electron chi connectivity index (χ4n) is 2.48. The van der Waals surface area contributed by atoms with E-state index in [1.165, 1.54) is 19.2 Å². The summed E-state index contributed by atoms with van der Waals surface area (Å²) >= 11 is 5.96. The Hall–Kier alpha value is -3.19. The summed E-state index contributed by atoms with van der Waals surface area (Å²) in [4.78, 5) is 36.1. The van der Waals surface area contributed by atoms with Gasteiger partial charge in [0, 0.05) is 17.3 Å². The highest BCUT2D eigenvalue weighted by Crippen LogP contribution is 2.25. The number of hydrogen-bond donors (Lipinski definition) is 2. The molecule has 1 aromatic heterocycles. The Morgan fingerprint density at radius 2 is 1.88 bits per heavy atom. The van der Waals surface area contributed by atoms with Crippen LogP contribution in [0, 0.1) is 0 Å². The number of rotatable bonds is 4. The fourth-order valence-corrected chi connectivity index (χ4v) is 2.66. The Bertz CT molecular complexity index is 1060. The second-order valence-corrected chi connectivity index (χ2v) is 6.05. The van der Waals surface area contributed by atoms with Gasteiger partial charge in [0.1, 0.15) is 6.54 Å². The minimum Gasteiger partial charge on any atom is -0.325 e. The number of aromatic nitrogens is 2. The Balaban J connectivity index is 1.84. The summed E-state index contributed by atoms with van der Waals surface area (Å²) in [6, 6.07) is 11.7. The molecule has 3 rings (SSSR count). The van der Waals surface area contributed by atoms with Gasteiger partial charge in [-0.2, -0.15) is 5.10 Å². The zero-order valence-corrected chi connectivity index (χ0v) is 14.6. The third-order valence-electron chi connectivity index (χ3n) is 3.62. The van der Waals surface area contributed by atoms with Crippen LogP contribution in [0.5, 0.6) is 0 Å². The lowest BCUT2D eigenvalue weighted by Crippen LogP contribution is -2.29.